The Hall–Kier alpha value is -1.57. The highest BCUT2D eigenvalue weighted by Gasteiger charge is 2.31. The third-order valence-corrected chi connectivity index (χ3v) is 4.39. The molecule has 8 heteroatoms. The van der Waals surface area contributed by atoms with Gasteiger partial charge in [0.15, 0.2) is 0 Å². The van der Waals surface area contributed by atoms with E-state index in [4.69, 9.17) is 5.11 Å². The first kappa shape index (κ1) is 15.8. The monoisotopic (exact) mass is 321 g/mol. The normalized spacial score (nSPS) is 16.8. The summed E-state index contributed by atoms with van der Waals surface area (Å²) in [6.45, 7) is 0.900. The number of carboxylic acid groups (broad SMARTS) is 1. The van der Waals surface area contributed by atoms with Crippen molar-refractivity contribution in [2.45, 2.75) is 29.3 Å². The van der Waals surface area contributed by atoms with Crippen molar-refractivity contribution in [1.29, 1.82) is 0 Å². The number of ether oxygens (including phenoxy) is 1. The molecule has 0 saturated carbocycles. The Morgan fingerprint density at radius 2 is 2.00 bits per heavy atom. The molecule has 1 amide bonds. The number of benzene rings is 1. The topological polar surface area (TPSA) is 49.8 Å². The number of alkyl halides is 3. The maximum Gasteiger partial charge on any atom is 0.573 e. The molecule has 0 unspecified atom stereocenters. The Bertz CT molecular complexity index is 502. The van der Waals surface area contributed by atoms with Crippen LogP contribution in [0.3, 0.4) is 0 Å². The van der Waals surface area contributed by atoms with Crippen molar-refractivity contribution < 1.29 is 27.8 Å². The molecule has 0 atom stereocenters. The summed E-state index contributed by atoms with van der Waals surface area (Å²) in [6.07, 6.45) is -4.27. The van der Waals surface area contributed by atoms with E-state index in [2.05, 4.69) is 4.74 Å². The number of rotatable bonds is 3. The molecule has 1 aromatic carbocycles. The van der Waals surface area contributed by atoms with Gasteiger partial charge in [-0.25, -0.2) is 4.79 Å². The summed E-state index contributed by atoms with van der Waals surface area (Å²) in [7, 11) is 0. The molecular formula is C13H14F3NO3S. The summed E-state index contributed by atoms with van der Waals surface area (Å²) >= 11 is 1.45. The van der Waals surface area contributed by atoms with Gasteiger partial charge in [-0.05, 0) is 31.0 Å². The first-order valence-electron chi connectivity index (χ1n) is 6.34. The minimum Gasteiger partial charge on any atom is -0.465 e. The quantitative estimate of drug-likeness (QED) is 0.919. The molecule has 0 radical (unpaired) electrons. The van der Waals surface area contributed by atoms with E-state index in [1.54, 1.807) is 6.07 Å². The van der Waals surface area contributed by atoms with Crippen LogP contribution in [0.1, 0.15) is 12.8 Å². The lowest BCUT2D eigenvalue weighted by atomic mass is 10.1. The second kappa shape index (κ2) is 6.46. The van der Waals surface area contributed by atoms with Crippen molar-refractivity contribution in [3.05, 3.63) is 24.3 Å². The highest BCUT2D eigenvalue weighted by molar-refractivity contribution is 8.00. The Kier molecular flexibility index (Phi) is 4.87. The van der Waals surface area contributed by atoms with E-state index in [0.29, 0.717) is 30.8 Å². The average molecular weight is 321 g/mol. The van der Waals surface area contributed by atoms with Gasteiger partial charge in [-0.15, -0.1) is 24.9 Å². The Morgan fingerprint density at radius 3 is 2.57 bits per heavy atom. The van der Waals surface area contributed by atoms with Crippen molar-refractivity contribution in [3.8, 4) is 5.75 Å². The van der Waals surface area contributed by atoms with E-state index >= 15 is 0 Å². The first-order chi connectivity index (χ1) is 9.83. The molecule has 0 spiro atoms. The molecule has 0 aliphatic carbocycles. The Labute approximate surface area is 123 Å². The van der Waals surface area contributed by atoms with Gasteiger partial charge in [0.05, 0.1) is 0 Å². The maximum atomic E-state index is 12.2. The molecule has 1 aliphatic heterocycles. The van der Waals surface area contributed by atoms with Crippen LogP contribution in [0.15, 0.2) is 29.2 Å². The van der Waals surface area contributed by atoms with Gasteiger partial charge in [-0.3, -0.25) is 0 Å². The Balaban J connectivity index is 1.92. The van der Waals surface area contributed by atoms with Crippen LogP contribution in [0.2, 0.25) is 0 Å². The predicted molar refractivity (Wildman–Crippen MR) is 71.6 cm³/mol. The number of halogens is 3. The van der Waals surface area contributed by atoms with Crippen LogP contribution in [0.25, 0.3) is 0 Å². The van der Waals surface area contributed by atoms with Gasteiger partial charge in [-0.1, -0.05) is 6.07 Å². The highest BCUT2D eigenvalue weighted by atomic mass is 32.2. The molecule has 1 N–H and O–H groups in total. The number of nitrogens with zero attached hydrogens (tertiary/aromatic N) is 1. The number of carbonyl (C=O) groups is 1. The van der Waals surface area contributed by atoms with E-state index in [1.807, 2.05) is 0 Å². The van der Waals surface area contributed by atoms with E-state index in [0.717, 1.165) is 0 Å². The fourth-order valence-electron chi connectivity index (χ4n) is 2.10. The largest absolute Gasteiger partial charge is 0.573 e. The van der Waals surface area contributed by atoms with Gasteiger partial charge in [0.2, 0.25) is 0 Å². The molecule has 1 fully saturated rings. The van der Waals surface area contributed by atoms with Crippen LogP contribution >= 0.6 is 11.8 Å². The van der Waals surface area contributed by atoms with Crippen LogP contribution < -0.4 is 4.74 Å². The zero-order valence-corrected chi connectivity index (χ0v) is 11.8. The van der Waals surface area contributed by atoms with Gasteiger partial charge in [0.25, 0.3) is 0 Å². The standard InChI is InChI=1S/C13H14F3NO3S/c14-13(15,16)20-9-2-1-3-11(8-9)21-10-4-6-17(7-5-10)12(18)19/h1-3,8,10H,4-7H2,(H,18,19). The summed E-state index contributed by atoms with van der Waals surface area (Å²) in [6, 6.07) is 5.83. The lowest BCUT2D eigenvalue weighted by Crippen LogP contribution is -2.38. The molecule has 4 nitrogen and oxygen atoms in total. The smallest absolute Gasteiger partial charge is 0.465 e. The molecule has 116 valence electrons. The van der Waals surface area contributed by atoms with Crippen LogP contribution in [0.4, 0.5) is 18.0 Å². The fourth-order valence-corrected chi connectivity index (χ4v) is 3.27. The molecule has 1 heterocycles. The van der Waals surface area contributed by atoms with Crippen molar-refractivity contribution in [3.63, 3.8) is 0 Å². The van der Waals surface area contributed by atoms with Gasteiger partial charge >= 0.3 is 12.5 Å². The summed E-state index contributed by atoms with van der Waals surface area (Å²) < 4.78 is 40.4. The number of hydrogen-bond acceptors (Lipinski definition) is 3. The van der Waals surface area contributed by atoms with Gasteiger partial charge in [-0.2, -0.15) is 0 Å². The molecule has 0 bridgehead atoms. The lowest BCUT2D eigenvalue weighted by Gasteiger charge is -2.29. The van der Waals surface area contributed by atoms with E-state index in [9.17, 15) is 18.0 Å². The van der Waals surface area contributed by atoms with Crippen molar-refractivity contribution in [1.82, 2.24) is 4.90 Å². The number of piperidine rings is 1. The number of hydrogen-bond donors (Lipinski definition) is 1. The van der Waals surface area contributed by atoms with Crippen molar-refractivity contribution >= 4 is 17.9 Å². The van der Waals surface area contributed by atoms with Gasteiger partial charge < -0.3 is 14.7 Å². The van der Waals surface area contributed by atoms with Crippen LogP contribution in [0, 0.1) is 0 Å². The molecule has 1 saturated heterocycles. The van der Waals surface area contributed by atoms with Crippen LogP contribution in [0.5, 0.6) is 5.75 Å². The molecular weight excluding hydrogens is 307 g/mol. The lowest BCUT2D eigenvalue weighted by molar-refractivity contribution is -0.274. The van der Waals surface area contributed by atoms with Gasteiger partial charge in [0.1, 0.15) is 5.75 Å². The third kappa shape index (κ3) is 5.04. The average Bonchev–Trinajstić information content (AvgIpc) is 2.37. The summed E-state index contributed by atoms with van der Waals surface area (Å²) in [4.78, 5) is 12.8. The van der Waals surface area contributed by atoms with Crippen LogP contribution in [-0.2, 0) is 0 Å². The summed E-state index contributed by atoms with van der Waals surface area (Å²) in [5, 5.41) is 9.05. The summed E-state index contributed by atoms with van der Waals surface area (Å²) in [5.41, 5.74) is 0. The minimum atomic E-state index is -4.70. The summed E-state index contributed by atoms with van der Waals surface area (Å²) in [5.74, 6) is -0.240. The first-order valence-corrected chi connectivity index (χ1v) is 7.22. The molecule has 21 heavy (non-hydrogen) atoms. The maximum absolute atomic E-state index is 12.2. The van der Waals surface area contributed by atoms with Gasteiger partial charge in [0, 0.05) is 23.2 Å². The molecule has 1 aliphatic rings. The second-order valence-corrected chi connectivity index (χ2v) is 5.98. The van der Waals surface area contributed by atoms with E-state index < -0.39 is 12.5 Å². The van der Waals surface area contributed by atoms with Crippen molar-refractivity contribution in [2.24, 2.45) is 0 Å². The zero-order chi connectivity index (χ0) is 15.5. The SMILES string of the molecule is O=C(O)N1CCC(Sc2cccc(OC(F)(F)F)c2)CC1. The number of likely N-dealkylation sites (tertiary alicyclic amines) is 1. The fraction of sp³-hybridized carbons (Fsp3) is 0.462. The van der Waals surface area contributed by atoms with E-state index in [-0.39, 0.29) is 11.0 Å². The highest BCUT2D eigenvalue weighted by Crippen LogP contribution is 2.33. The third-order valence-electron chi connectivity index (χ3n) is 3.05. The molecule has 0 aromatic heterocycles. The second-order valence-electron chi connectivity index (χ2n) is 4.61. The minimum absolute atomic E-state index is 0.196. The number of thioether (sulfide) groups is 1. The van der Waals surface area contributed by atoms with Crippen molar-refractivity contribution in [2.75, 3.05) is 13.1 Å². The molecule has 2 rings (SSSR count). The predicted octanol–water partition coefficient (Wildman–Crippen LogP) is 3.82. The Morgan fingerprint density at radius 1 is 1.33 bits per heavy atom. The molecule has 1 aromatic rings. The van der Waals surface area contributed by atoms with Crippen LogP contribution in [-0.4, -0.2) is 40.8 Å². The van der Waals surface area contributed by atoms with E-state index in [1.165, 1.54) is 34.9 Å². The zero-order valence-electron chi connectivity index (χ0n) is 11.0. The number of amides is 1.